The van der Waals surface area contributed by atoms with E-state index in [-0.39, 0.29) is 23.8 Å². The molecule has 1 fully saturated rings. The second-order valence-corrected chi connectivity index (χ2v) is 12.0. The molecule has 0 aliphatic carbocycles. The van der Waals surface area contributed by atoms with Gasteiger partial charge in [-0.3, -0.25) is 14.4 Å². The van der Waals surface area contributed by atoms with Gasteiger partial charge in [0.15, 0.2) is 0 Å². The molecular formula is C32H35N5O3S. The van der Waals surface area contributed by atoms with E-state index in [1.807, 2.05) is 47.2 Å². The molecule has 2 aromatic carbocycles. The summed E-state index contributed by atoms with van der Waals surface area (Å²) in [5.41, 5.74) is 12.0. The van der Waals surface area contributed by atoms with Crippen LogP contribution in [0.15, 0.2) is 65.5 Å². The zero-order chi connectivity index (χ0) is 28.7. The Hall–Kier alpha value is -3.95. The molecule has 2 aliphatic rings. The van der Waals surface area contributed by atoms with Gasteiger partial charge in [-0.15, -0.1) is 0 Å². The molecule has 2 atom stereocenters. The quantitative estimate of drug-likeness (QED) is 0.325. The van der Waals surface area contributed by atoms with Gasteiger partial charge in [-0.05, 0) is 72.3 Å². The fourth-order valence-electron chi connectivity index (χ4n) is 6.09. The van der Waals surface area contributed by atoms with Crippen LogP contribution >= 0.6 is 11.3 Å². The van der Waals surface area contributed by atoms with Gasteiger partial charge < -0.3 is 25.4 Å². The van der Waals surface area contributed by atoms with E-state index in [2.05, 4.69) is 42.1 Å². The lowest BCUT2D eigenvalue weighted by Gasteiger charge is -2.37. The van der Waals surface area contributed by atoms with Crippen LogP contribution in [0.3, 0.4) is 0 Å². The van der Waals surface area contributed by atoms with E-state index < -0.39 is 12.1 Å². The Bertz CT molecular complexity index is 1610. The summed E-state index contributed by atoms with van der Waals surface area (Å²) in [6.45, 7) is 5.25. The SMILES string of the molecule is CC(C)n1cc(CC(N)C(=O)NC2Cc3cccc(N4CCCC4=O)c3N(Cc3ccsc3)C2=O)c2ccccc21. The van der Waals surface area contributed by atoms with Crippen LogP contribution in [0, 0.1) is 0 Å². The number of amides is 3. The van der Waals surface area contributed by atoms with Crippen molar-refractivity contribution in [1.82, 2.24) is 9.88 Å². The minimum Gasteiger partial charge on any atom is -0.345 e. The summed E-state index contributed by atoms with van der Waals surface area (Å²) in [5.74, 6) is -0.476. The number of hydrogen-bond acceptors (Lipinski definition) is 5. The van der Waals surface area contributed by atoms with Gasteiger partial charge in [0.2, 0.25) is 17.7 Å². The molecule has 0 saturated carbocycles. The van der Waals surface area contributed by atoms with Gasteiger partial charge in [-0.1, -0.05) is 30.3 Å². The van der Waals surface area contributed by atoms with E-state index in [4.69, 9.17) is 5.73 Å². The predicted molar refractivity (Wildman–Crippen MR) is 163 cm³/mol. The topological polar surface area (TPSA) is 101 Å². The molecule has 8 nitrogen and oxygen atoms in total. The second-order valence-electron chi connectivity index (χ2n) is 11.2. The molecule has 4 aromatic rings. The first kappa shape index (κ1) is 27.2. The van der Waals surface area contributed by atoms with Crippen molar-refractivity contribution in [2.24, 2.45) is 5.73 Å². The molecule has 2 aromatic heterocycles. The summed E-state index contributed by atoms with van der Waals surface area (Å²) in [6.07, 6.45) is 4.09. The Morgan fingerprint density at radius 2 is 1.95 bits per heavy atom. The molecule has 2 aliphatic heterocycles. The lowest BCUT2D eigenvalue weighted by Crippen LogP contribution is -2.56. The summed E-state index contributed by atoms with van der Waals surface area (Å²) >= 11 is 1.57. The van der Waals surface area contributed by atoms with E-state index >= 15 is 0 Å². The normalized spacial score (nSPS) is 17.9. The van der Waals surface area contributed by atoms with Gasteiger partial charge in [-0.25, -0.2) is 0 Å². The summed E-state index contributed by atoms with van der Waals surface area (Å²) in [5, 5.41) is 8.05. The largest absolute Gasteiger partial charge is 0.345 e. The Balaban J connectivity index is 1.26. The third-order valence-electron chi connectivity index (χ3n) is 8.11. The smallest absolute Gasteiger partial charge is 0.250 e. The minimum atomic E-state index is -0.811. The van der Waals surface area contributed by atoms with Crippen molar-refractivity contribution in [3.05, 3.63) is 82.2 Å². The van der Waals surface area contributed by atoms with Crippen LogP contribution in [0.5, 0.6) is 0 Å². The van der Waals surface area contributed by atoms with Crippen LogP contribution in [0.2, 0.25) is 0 Å². The Morgan fingerprint density at radius 3 is 2.68 bits per heavy atom. The first-order valence-corrected chi connectivity index (χ1v) is 15.1. The van der Waals surface area contributed by atoms with Crippen molar-refractivity contribution in [3.63, 3.8) is 0 Å². The highest BCUT2D eigenvalue weighted by atomic mass is 32.1. The van der Waals surface area contributed by atoms with E-state index in [0.717, 1.165) is 45.4 Å². The molecule has 1 saturated heterocycles. The van der Waals surface area contributed by atoms with Crippen molar-refractivity contribution < 1.29 is 14.4 Å². The maximum absolute atomic E-state index is 14.0. The number of para-hydroxylation sites is 2. The van der Waals surface area contributed by atoms with Gasteiger partial charge >= 0.3 is 0 Å². The number of fused-ring (bicyclic) bond motifs is 2. The number of anilines is 2. The van der Waals surface area contributed by atoms with Crippen LogP contribution in [0.1, 0.15) is 49.4 Å². The maximum Gasteiger partial charge on any atom is 0.250 e. The van der Waals surface area contributed by atoms with Gasteiger partial charge in [0.25, 0.3) is 0 Å². The fraction of sp³-hybridized carbons (Fsp3) is 0.344. The molecule has 0 radical (unpaired) electrons. The van der Waals surface area contributed by atoms with Gasteiger partial charge in [-0.2, -0.15) is 11.3 Å². The lowest BCUT2D eigenvalue weighted by molar-refractivity contribution is -0.128. The number of aromatic nitrogens is 1. The van der Waals surface area contributed by atoms with Crippen LogP contribution in [-0.2, 0) is 33.8 Å². The monoisotopic (exact) mass is 569 g/mol. The average Bonchev–Trinajstić information content (AvgIpc) is 3.71. The van der Waals surface area contributed by atoms with E-state index in [9.17, 15) is 14.4 Å². The molecule has 3 N–H and O–H groups in total. The number of thiophene rings is 1. The van der Waals surface area contributed by atoms with Gasteiger partial charge in [0.1, 0.15) is 6.04 Å². The molecule has 0 bridgehead atoms. The van der Waals surface area contributed by atoms with Crippen molar-refractivity contribution in [1.29, 1.82) is 0 Å². The molecule has 3 amide bonds. The average molecular weight is 570 g/mol. The minimum absolute atomic E-state index is 0.0709. The number of hydrogen-bond donors (Lipinski definition) is 2. The van der Waals surface area contributed by atoms with Crippen LogP contribution in [0.4, 0.5) is 11.4 Å². The highest BCUT2D eigenvalue weighted by molar-refractivity contribution is 7.07. The van der Waals surface area contributed by atoms with Crippen molar-refractivity contribution in [3.8, 4) is 0 Å². The molecule has 41 heavy (non-hydrogen) atoms. The van der Waals surface area contributed by atoms with Gasteiger partial charge in [0, 0.05) is 42.5 Å². The number of carbonyl (C=O) groups excluding carboxylic acids is 3. The molecule has 2 unspecified atom stereocenters. The second kappa shape index (κ2) is 11.1. The standard InChI is InChI=1S/C32H35N5O3S/c1-20(2)36-18-23(24-8-3-4-9-27(24)36)15-25(33)31(39)34-26-16-22-7-5-10-28(35-13-6-11-29(35)38)30(22)37(32(26)40)17-21-12-14-41-19-21/h3-5,7-10,12,14,18-20,25-26H,6,11,13,15-17,33H2,1-2H3,(H,34,39). The summed E-state index contributed by atoms with van der Waals surface area (Å²) in [4.78, 5) is 43.6. The Kier molecular flexibility index (Phi) is 7.40. The number of nitrogens with two attached hydrogens (primary N) is 1. The first-order valence-electron chi connectivity index (χ1n) is 14.2. The molecule has 212 valence electrons. The molecule has 4 heterocycles. The van der Waals surface area contributed by atoms with Crippen LogP contribution < -0.4 is 20.9 Å². The predicted octanol–water partition coefficient (Wildman–Crippen LogP) is 4.55. The molecule has 0 spiro atoms. The summed E-state index contributed by atoms with van der Waals surface area (Å²) in [6, 6.07) is 14.7. The lowest BCUT2D eigenvalue weighted by atomic mass is 9.94. The van der Waals surface area contributed by atoms with Gasteiger partial charge in [0.05, 0.1) is 24.0 Å². The van der Waals surface area contributed by atoms with E-state index in [1.165, 1.54) is 0 Å². The number of nitrogens with one attached hydrogen (secondary N) is 1. The van der Waals surface area contributed by atoms with Crippen molar-refractivity contribution >= 4 is 51.3 Å². The van der Waals surface area contributed by atoms with Crippen molar-refractivity contribution in [2.75, 3.05) is 16.3 Å². The Labute approximate surface area is 243 Å². The van der Waals surface area contributed by atoms with Crippen molar-refractivity contribution in [2.45, 2.75) is 64.2 Å². The molecular weight excluding hydrogens is 534 g/mol. The highest BCUT2D eigenvalue weighted by Gasteiger charge is 2.38. The first-order chi connectivity index (χ1) is 19.8. The number of carbonyl (C=O) groups is 3. The Morgan fingerprint density at radius 1 is 1.12 bits per heavy atom. The molecule has 6 rings (SSSR count). The van der Waals surface area contributed by atoms with E-state index in [1.54, 1.807) is 21.1 Å². The number of rotatable bonds is 8. The molecule has 9 heteroatoms. The number of benzene rings is 2. The summed E-state index contributed by atoms with van der Waals surface area (Å²) in [7, 11) is 0. The van der Waals surface area contributed by atoms with Crippen LogP contribution in [0.25, 0.3) is 10.9 Å². The zero-order valence-electron chi connectivity index (χ0n) is 23.4. The van der Waals surface area contributed by atoms with Crippen LogP contribution in [-0.4, -0.2) is 40.9 Å². The maximum atomic E-state index is 14.0. The summed E-state index contributed by atoms with van der Waals surface area (Å²) < 4.78 is 2.20. The third-order valence-corrected chi connectivity index (χ3v) is 8.85. The fourth-order valence-corrected chi connectivity index (χ4v) is 6.75. The van der Waals surface area contributed by atoms with E-state index in [0.29, 0.717) is 32.4 Å². The number of nitrogens with zero attached hydrogens (tertiary/aromatic N) is 3. The zero-order valence-corrected chi connectivity index (χ0v) is 24.2. The third kappa shape index (κ3) is 5.15. The highest BCUT2D eigenvalue weighted by Crippen LogP contribution is 2.40.